The minimum absolute atomic E-state index is 0.0108. The Kier molecular flexibility index (Phi) is 9.90. The van der Waals surface area contributed by atoms with Crippen LogP contribution in [0.4, 0.5) is 19.1 Å². The summed E-state index contributed by atoms with van der Waals surface area (Å²) >= 11 is 3.51. The molecule has 2 fully saturated rings. The first kappa shape index (κ1) is 31.9. The fourth-order valence-electron chi connectivity index (χ4n) is 4.43. The van der Waals surface area contributed by atoms with Crippen LogP contribution in [0.3, 0.4) is 0 Å². The van der Waals surface area contributed by atoms with Crippen molar-refractivity contribution in [2.24, 2.45) is 16.6 Å². The zero-order valence-electron chi connectivity index (χ0n) is 24.0. The molecular formula is C30H34BrF3N6O4. The van der Waals surface area contributed by atoms with E-state index in [2.05, 4.69) is 41.5 Å². The molecule has 1 saturated heterocycles. The molecule has 0 atom stereocenters. The molecule has 1 aliphatic heterocycles. The van der Waals surface area contributed by atoms with Gasteiger partial charge in [-0.2, -0.15) is 28.1 Å². The first-order chi connectivity index (χ1) is 21.1. The van der Waals surface area contributed by atoms with Crippen LogP contribution in [0, 0.1) is 10.8 Å². The lowest BCUT2D eigenvalue weighted by Gasteiger charge is -2.39. The lowest BCUT2D eigenvalue weighted by atomic mass is 9.90. The molecule has 44 heavy (non-hydrogen) atoms. The van der Waals surface area contributed by atoms with Gasteiger partial charge in [-0.25, -0.2) is 0 Å². The number of hydrogen-bond donors (Lipinski definition) is 3. The van der Waals surface area contributed by atoms with Crippen LogP contribution in [0.15, 0.2) is 48.5 Å². The van der Waals surface area contributed by atoms with Crippen molar-refractivity contribution in [1.82, 2.24) is 20.3 Å². The Labute approximate surface area is 261 Å². The Balaban J connectivity index is 1.21. The second-order valence-electron chi connectivity index (χ2n) is 11.4. The lowest BCUT2D eigenvalue weighted by Crippen LogP contribution is -2.48. The second-order valence-corrected chi connectivity index (χ2v) is 12.0. The summed E-state index contributed by atoms with van der Waals surface area (Å²) in [4.78, 5) is 25.0. The lowest BCUT2D eigenvalue weighted by molar-refractivity contribution is -0.154. The third-order valence-electron chi connectivity index (χ3n) is 7.64. The summed E-state index contributed by atoms with van der Waals surface area (Å²) in [6, 6.07) is 13.9. The van der Waals surface area contributed by atoms with E-state index >= 15 is 0 Å². The minimum atomic E-state index is -4.55. The Morgan fingerprint density at radius 3 is 2.27 bits per heavy atom. The number of alkyl halides is 4. The number of carbonyl (C=O) groups is 1. The van der Waals surface area contributed by atoms with Gasteiger partial charge in [0.25, 0.3) is 5.91 Å². The predicted molar refractivity (Wildman–Crippen MR) is 160 cm³/mol. The summed E-state index contributed by atoms with van der Waals surface area (Å²) in [6.45, 7) is 1.70. The van der Waals surface area contributed by atoms with Gasteiger partial charge in [0.15, 0.2) is 6.61 Å². The molecule has 2 heterocycles. The normalized spacial score (nSPS) is 16.5. The average molecular weight is 680 g/mol. The van der Waals surface area contributed by atoms with Crippen LogP contribution in [-0.4, -0.2) is 71.9 Å². The summed E-state index contributed by atoms with van der Waals surface area (Å²) in [5, 5.41) is 6.76. The Morgan fingerprint density at radius 2 is 1.68 bits per heavy atom. The molecule has 0 unspecified atom stereocenters. The molecule has 0 radical (unpaired) electrons. The molecule has 4 N–H and O–H groups in total. The molecule has 0 spiro atoms. The summed E-state index contributed by atoms with van der Waals surface area (Å²) in [6.07, 6.45) is -2.35. The van der Waals surface area contributed by atoms with E-state index in [4.69, 9.17) is 19.9 Å². The van der Waals surface area contributed by atoms with Crippen LogP contribution in [0.25, 0.3) is 0 Å². The van der Waals surface area contributed by atoms with Crippen molar-refractivity contribution in [2.75, 3.05) is 50.2 Å². The molecule has 1 aromatic heterocycles. The van der Waals surface area contributed by atoms with Gasteiger partial charge >= 0.3 is 12.2 Å². The van der Waals surface area contributed by atoms with Crippen molar-refractivity contribution in [3.63, 3.8) is 0 Å². The highest BCUT2D eigenvalue weighted by atomic mass is 79.9. The van der Waals surface area contributed by atoms with Gasteiger partial charge in [-0.15, -0.1) is 0 Å². The summed E-state index contributed by atoms with van der Waals surface area (Å²) < 4.78 is 54.6. The highest BCUT2D eigenvalue weighted by molar-refractivity contribution is 9.09. The van der Waals surface area contributed by atoms with Crippen molar-refractivity contribution in [2.45, 2.75) is 32.0 Å². The fraction of sp³-hybridized carbons (Fsp3) is 0.467. The van der Waals surface area contributed by atoms with Crippen molar-refractivity contribution in [3.05, 3.63) is 71.0 Å². The molecule has 2 aliphatic rings. The monoisotopic (exact) mass is 678 g/mol. The molecule has 14 heteroatoms. The maximum absolute atomic E-state index is 12.8. The zero-order chi connectivity index (χ0) is 31.2. The number of rotatable bonds is 15. The Morgan fingerprint density at radius 1 is 0.977 bits per heavy atom. The third kappa shape index (κ3) is 8.79. The molecule has 236 valence electrons. The predicted octanol–water partition coefficient (Wildman–Crippen LogP) is 4.27. The first-order valence-corrected chi connectivity index (χ1v) is 15.3. The number of benzene rings is 2. The summed E-state index contributed by atoms with van der Waals surface area (Å²) in [5.41, 5.74) is 7.93. The zero-order valence-corrected chi connectivity index (χ0v) is 25.5. The first-order valence-electron chi connectivity index (χ1n) is 14.2. The van der Waals surface area contributed by atoms with Crippen LogP contribution in [-0.2, 0) is 17.7 Å². The standard InChI is InChI=1S/C30H34BrF3N6O4/c31-13-29(16-42-17-29)18-43-23-7-3-21(4-8-23)12-36-26-38-24(39-27(40-26)44-19-30(32,33)34)11-20-1-5-22(6-2-20)25(41)37-15-28(14-35)9-10-28/h1-8H,9-19,35H2,(H,37,41)(H,36,38,39,40). The molecule has 0 bridgehead atoms. The number of anilines is 1. The number of ether oxygens (including phenoxy) is 3. The molecule has 1 saturated carbocycles. The number of halogens is 4. The number of aromatic nitrogens is 3. The fourth-order valence-corrected chi connectivity index (χ4v) is 4.92. The summed E-state index contributed by atoms with van der Waals surface area (Å²) in [5.74, 6) is 0.805. The number of amides is 1. The molecule has 10 nitrogen and oxygen atoms in total. The van der Waals surface area contributed by atoms with E-state index < -0.39 is 18.8 Å². The average Bonchev–Trinajstić information content (AvgIpc) is 3.78. The maximum Gasteiger partial charge on any atom is 0.422 e. The van der Waals surface area contributed by atoms with Crippen LogP contribution in [0.2, 0.25) is 0 Å². The van der Waals surface area contributed by atoms with Crippen molar-refractivity contribution in [3.8, 4) is 11.8 Å². The van der Waals surface area contributed by atoms with E-state index in [9.17, 15) is 18.0 Å². The third-order valence-corrected chi connectivity index (χ3v) is 8.83. The number of nitrogens with one attached hydrogen (secondary N) is 2. The molecule has 1 aliphatic carbocycles. The maximum atomic E-state index is 12.8. The largest absolute Gasteiger partial charge is 0.493 e. The topological polar surface area (TPSA) is 134 Å². The van der Waals surface area contributed by atoms with Gasteiger partial charge in [0.1, 0.15) is 11.6 Å². The highest BCUT2D eigenvalue weighted by Gasteiger charge is 2.41. The van der Waals surface area contributed by atoms with Crippen LogP contribution in [0.5, 0.6) is 11.8 Å². The van der Waals surface area contributed by atoms with Crippen molar-refractivity contribution >= 4 is 27.8 Å². The van der Waals surface area contributed by atoms with Crippen molar-refractivity contribution in [1.29, 1.82) is 0 Å². The van der Waals surface area contributed by atoms with Gasteiger partial charge in [0, 0.05) is 35.8 Å². The number of hydrogen-bond acceptors (Lipinski definition) is 9. The number of carbonyl (C=O) groups excluding carboxylic acids is 1. The molecular weight excluding hydrogens is 645 g/mol. The SMILES string of the molecule is NCC1(CNC(=O)c2ccc(Cc3nc(NCc4ccc(OCC5(CBr)COC5)cc4)nc(OCC(F)(F)F)n3)cc2)CC1. The van der Waals surface area contributed by atoms with Crippen LogP contribution in [0.1, 0.15) is 40.2 Å². The van der Waals surface area contributed by atoms with E-state index in [0.717, 1.165) is 35.0 Å². The van der Waals surface area contributed by atoms with Gasteiger partial charge < -0.3 is 30.6 Å². The number of nitrogens with two attached hydrogens (primary N) is 1. The molecule has 2 aromatic carbocycles. The van der Waals surface area contributed by atoms with Crippen LogP contribution < -0.4 is 25.8 Å². The van der Waals surface area contributed by atoms with Crippen LogP contribution >= 0.6 is 15.9 Å². The van der Waals surface area contributed by atoms with E-state index in [1.165, 1.54) is 0 Å². The molecule has 5 rings (SSSR count). The van der Waals surface area contributed by atoms with Gasteiger partial charge in [-0.05, 0) is 54.8 Å². The Hall–Kier alpha value is -3.49. The van der Waals surface area contributed by atoms with Gasteiger partial charge in [0.05, 0.1) is 25.2 Å². The van der Waals surface area contributed by atoms with Gasteiger partial charge in [0.2, 0.25) is 5.95 Å². The van der Waals surface area contributed by atoms with E-state index in [0.29, 0.717) is 45.0 Å². The summed E-state index contributed by atoms with van der Waals surface area (Å²) in [7, 11) is 0. The number of nitrogens with zero attached hydrogens (tertiary/aromatic N) is 3. The molecule has 1 amide bonds. The smallest absolute Gasteiger partial charge is 0.422 e. The van der Waals surface area contributed by atoms with Gasteiger partial charge in [-0.3, -0.25) is 4.79 Å². The second kappa shape index (κ2) is 13.7. The van der Waals surface area contributed by atoms with Gasteiger partial charge in [-0.1, -0.05) is 40.2 Å². The van der Waals surface area contributed by atoms with E-state index in [1.54, 1.807) is 24.3 Å². The minimum Gasteiger partial charge on any atom is -0.493 e. The quantitative estimate of drug-likeness (QED) is 0.202. The molecule has 3 aromatic rings. The Bertz CT molecular complexity index is 1410. The van der Waals surface area contributed by atoms with Crippen molar-refractivity contribution < 1.29 is 32.2 Å². The van der Waals surface area contributed by atoms with E-state index in [1.807, 2.05) is 24.3 Å². The highest BCUT2D eigenvalue weighted by Crippen LogP contribution is 2.43. The van der Waals surface area contributed by atoms with E-state index in [-0.39, 0.29) is 34.9 Å².